The number of carbonyl (C=O) groups excluding carboxylic acids is 1. The van der Waals surface area contributed by atoms with Gasteiger partial charge >= 0.3 is 0 Å². The second-order valence-electron chi connectivity index (χ2n) is 4.99. The molecule has 22 heavy (non-hydrogen) atoms. The molecule has 0 aliphatic carbocycles. The molecule has 0 unspecified atom stereocenters. The van der Waals surface area contributed by atoms with Gasteiger partial charge in [-0.2, -0.15) is 5.10 Å². The van der Waals surface area contributed by atoms with Crippen molar-refractivity contribution in [2.75, 3.05) is 20.2 Å². The summed E-state index contributed by atoms with van der Waals surface area (Å²) in [6.45, 7) is 0.724. The van der Waals surface area contributed by atoms with Crippen LogP contribution in [0.2, 0.25) is 0 Å². The number of para-hydroxylation sites is 2. The van der Waals surface area contributed by atoms with Gasteiger partial charge in [0.05, 0.1) is 6.54 Å². The Balaban J connectivity index is 1.65. The van der Waals surface area contributed by atoms with E-state index in [2.05, 4.69) is 10.2 Å². The van der Waals surface area contributed by atoms with Crippen LogP contribution in [0.1, 0.15) is 10.5 Å². The van der Waals surface area contributed by atoms with Crippen molar-refractivity contribution in [3.05, 3.63) is 52.4 Å². The van der Waals surface area contributed by atoms with Gasteiger partial charge in [0.2, 0.25) is 0 Å². The van der Waals surface area contributed by atoms with Crippen LogP contribution in [-0.4, -0.2) is 47.3 Å². The van der Waals surface area contributed by atoms with E-state index in [0.717, 1.165) is 0 Å². The third kappa shape index (κ3) is 2.93. The first kappa shape index (κ1) is 14.1. The quantitative estimate of drug-likeness (QED) is 0.901. The van der Waals surface area contributed by atoms with Gasteiger partial charge in [0.15, 0.2) is 17.6 Å². The van der Waals surface area contributed by atoms with Crippen molar-refractivity contribution in [2.24, 2.45) is 0 Å². The van der Waals surface area contributed by atoms with E-state index < -0.39 is 0 Å². The first-order valence-corrected chi connectivity index (χ1v) is 6.83. The molecule has 0 radical (unpaired) electrons. The lowest BCUT2D eigenvalue weighted by Gasteiger charge is -2.29. The Morgan fingerprint density at radius 2 is 2.09 bits per heavy atom. The first-order valence-electron chi connectivity index (χ1n) is 6.83. The molecule has 0 saturated heterocycles. The summed E-state index contributed by atoms with van der Waals surface area (Å²) in [5, 5.41) is 5.97. The molecule has 2 aromatic rings. The van der Waals surface area contributed by atoms with Crippen molar-refractivity contribution in [1.29, 1.82) is 0 Å². The Morgan fingerprint density at radius 1 is 1.32 bits per heavy atom. The zero-order valence-corrected chi connectivity index (χ0v) is 12.0. The predicted octanol–water partition coefficient (Wildman–Crippen LogP) is 0.682. The van der Waals surface area contributed by atoms with Gasteiger partial charge in [0.25, 0.3) is 11.5 Å². The number of hydrogen-bond acceptors (Lipinski definition) is 5. The molecule has 3 rings (SSSR count). The molecule has 1 aromatic heterocycles. The van der Waals surface area contributed by atoms with Crippen molar-refractivity contribution >= 4 is 5.91 Å². The SMILES string of the molecule is CN(C[C@H]1COc2ccccc2O1)C(=O)c1ccc(=O)[nH]n1. The third-order valence-corrected chi connectivity index (χ3v) is 3.29. The van der Waals surface area contributed by atoms with Crippen LogP contribution in [-0.2, 0) is 0 Å². The Hall–Kier alpha value is -2.83. The highest BCUT2D eigenvalue weighted by Gasteiger charge is 2.24. The van der Waals surface area contributed by atoms with Crippen molar-refractivity contribution < 1.29 is 14.3 Å². The molecular formula is C15H15N3O4. The number of benzene rings is 1. The second kappa shape index (κ2) is 5.88. The van der Waals surface area contributed by atoms with E-state index in [1.807, 2.05) is 24.3 Å². The normalized spacial score (nSPS) is 16.1. The van der Waals surface area contributed by atoms with Crippen LogP contribution >= 0.6 is 0 Å². The van der Waals surface area contributed by atoms with Crippen LogP contribution in [0.4, 0.5) is 0 Å². The van der Waals surface area contributed by atoms with Crippen LogP contribution in [0.15, 0.2) is 41.2 Å². The predicted molar refractivity (Wildman–Crippen MR) is 78.2 cm³/mol. The number of amides is 1. The standard InChI is InChI=1S/C15H15N3O4/c1-18(15(20)11-6-7-14(19)17-16-11)8-10-9-21-12-4-2-3-5-13(12)22-10/h2-7,10H,8-9H2,1H3,(H,17,19)/t10-/m0/s1. The van der Waals surface area contributed by atoms with Gasteiger partial charge in [-0.3, -0.25) is 9.59 Å². The minimum Gasteiger partial charge on any atom is -0.486 e. The molecule has 0 spiro atoms. The molecule has 1 aliphatic rings. The number of nitrogens with one attached hydrogen (secondary N) is 1. The van der Waals surface area contributed by atoms with Crippen LogP contribution in [0.5, 0.6) is 11.5 Å². The fourth-order valence-electron chi connectivity index (χ4n) is 2.20. The van der Waals surface area contributed by atoms with Crippen molar-refractivity contribution in [3.63, 3.8) is 0 Å². The lowest BCUT2D eigenvalue weighted by Crippen LogP contribution is -2.42. The van der Waals surface area contributed by atoms with Crippen molar-refractivity contribution in [2.45, 2.75) is 6.10 Å². The van der Waals surface area contributed by atoms with Crippen molar-refractivity contribution in [1.82, 2.24) is 15.1 Å². The maximum atomic E-state index is 12.2. The number of ether oxygens (including phenoxy) is 2. The number of rotatable bonds is 3. The minimum atomic E-state index is -0.347. The molecular weight excluding hydrogens is 286 g/mol. The maximum absolute atomic E-state index is 12.2. The Kier molecular flexibility index (Phi) is 3.78. The van der Waals surface area contributed by atoms with Gasteiger partial charge in [-0.15, -0.1) is 0 Å². The number of likely N-dealkylation sites (N-methyl/N-ethyl adjacent to an activating group) is 1. The number of aromatic nitrogens is 2. The summed E-state index contributed by atoms with van der Waals surface area (Å²) < 4.78 is 11.4. The van der Waals surface area contributed by atoms with Gasteiger partial charge in [-0.1, -0.05) is 12.1 Å². The molecule has 7 heteroatoms. The smallest absolute Gasteiger partial charge is 0.274 e. The zero-order chi connectivity index (χ0) is 15.5. The molecule has 1 aliphatic heterocycles. The van der Waals surface area contributed by atoms with Crippen LogP contribution < -0.4 is 15.0 Å². The average molecular weight is 301 g/mol. The number of H-pyrrole nitrogens is 1. The fraction of sp³-hybridized carbons (Fsp3) is 0.267. The summed E-state index contributed by atoms with van der Waals surface area (Å²) in [5.41, 5.74) is -0.168. The molecule has 1 N–H and O–H groups in total. The molecule has 1 aromatic carbocycles. The van der Waals surface area contributed by atoms with E-state index >= 15 is 0 Å². The average Bonchev–Trinajstić information content (AvgIpc) is 2.55. The van der Waals surface area contributed by atoms with Crippen LogP contribution in [0.25, 0.3) is 0 Å². The summed E-state index contributed by atoms with van der Waals surface area (Å²) in [4.78, 5) is 24.7. The number of nitrogens with zero attached hydrogens (tertiary/aromatic N) is 2. The highest BCUT2D eigenvalue weighted by molar-refractivity contribution is 5.91. The molecule has 1 amide bonds. The molecule has 0 fully saturated rings. The van der Waals surface area contributed by atoms with E-state index in [0.29, 0.717) is 24.7 Å². The molecule has 0 bridgehead atoms. The zero-order valence-electron chi connectivity index (χ0n) is 12.0. The summed E-state index contributed by atoms with van der Waals surface area (Å²) in [5.74, 6) is 1.08. The van der Waals surface area contributed by atoms with E-state index in [1.54, 1.807) is 7.05 Å². The lowest BCUT2D eigenvalue weighted by atomic mass is 10.2. The maximum Gasteiger partial charge on any atom is 0.274 e. The molecule has 7 nitrogen and oxygen atoms in total. The number of aromatic amines is 1. The topological polar surface area (TPSA) is 84.5 Å². The van der Waals surface area contributed by atoms with Gasteiger partial charge in [-0.25, -0.2) is 5.10 Å². The van der Waals surface area contributed by atoms with E-state index in [-0.39, 0.29) is 23.3 Å². The molecule has 2 heterocycles. The minimum absolute atomic E-state index is 0.180. The summed E-state index contributed by atoms with van der Waals surface area (Å²) in [6, 6.07) is 10.1. The molecule has 1 atom stereocenters. The van der Waals surface area contributed by atoms with Gasteiger partial charge in [0, 0.05) is 13.1 Å². The second-order valence-corrected chi connectivity index (χ2v) is 4.99. The highest BCUT2D eigenvalue weighted by Crippen LogP contribution is 2.30. The molecule has 114 valence electrons. The third-order valence-electron chi connectivity index (χ3n) is 3.29. The van der Waals surface area contributed by atoms with E-state index in [1.165, 1.54) is 17.0 Å². The lowest BCUT2D eigenvalue weighted by molar-refractivity contribution is 0.0516. The summed E-state index contributed by atoms with van der Waals surface area (Å²) in [7, 11) is 1.65. The van der Waals surface area contributed by atoms with E-state index in [9.17, 15) is 9.59 Å². The van der Waals surface area contributed by atoms with Crippen LogP contribution in [0, 0.1) is 0 Å². The van der Waals surface area contributed by atoms with Gasteiger partial charge in [-0.05, 0) is 18.2 Å². The van der Waals surface area contributed by atoms with Crippen LogP contribution in [0.3, 0.4) is 0 Å². The number of fused-ring (bicyclic) bond motifs is 1. The molecule has 0 saturated carbocycles. The first-order chi connectivity index (χ1) is 10.6. The van der Waals surface area contributed by atoms with Crippen molar-refractivity contribution in [3.8, 4) is 11.5 Å². The van der Waals surface area contributed by atoms with E-state index in [4.69, 9.17) is 9.47 Å². The summed E-state index contributed by atoms with van der Waals surface area (Å²) in [6.07, 6.45) is -0.258. The monoisotopic (exact) mass is 301 g/mol. The summed E-state index contributed by atoms with van der Waals surface area (Å²) >= 11 is 0. The van der Waals surface area contributed by atoms with Gasteiger partial charge in [0.1, 0.15) is 12.3 Å². The van der Waals surface area contributed by atoms with Gasteiger partial charge < -0.3 is 14.4 Å². The Bertz CT molecular complexity index is 723. The number of carbonyl (C=O) groups is 1. The Labute approximate surface area is 126 Å². The highest BCUT2D eigenvalue weighted by atomic mass is 16.6. The largest absolute Gasteiger partial charge is 0.486 e. The Morgan fingerprint density at radius 3 is 2.82 bits per heavy atom. The number of hydrogen-bond donors (Lipinski definition) is 1. The fourth-order valence-corrected chi connectivity index (χ4v) is 2.20.